The van der Waals surface area contributed by atoms with Gasteiger partial charge in [0, 0.05) is 31.7 Å². The molecule has 0 fully saturated rings. The van der Waals surface area contributed by atoms with Crippen LogP contribution in [0.1, 0.15) is 41.0 Å². The van der Waals surface area contributed by atoms with Crippen LogP contribution in [0.4, 0.5) is 0 Å². The standard InChI is InChI=1S/C22H29N3O6S/c1-4-25(5-2)32(29,30)18-10-11-20(31-3)19(15-18)22(28)24-13-7-12-23-21(27)16-8-6-9-17(26)14-16/h6,8-11,14-15,26H,4-5,7,12-13H2,1-3H3,(H,23,27)(H,24,28). The van der Waals surface area contributed by atoms with Crippen molar-refractivity contribution in [2.24, 2.45) is 0 Å². The second kappa shape index (κ2) is 11.5. The topological polar surface area (TPSA) is 125 Å². The van der Waals surface area contributed by atoms with Gasteiger partial charge >= 0.3 is 0 Å². The normalized spacial score (nSPS) is 11.2. The van der Waals surface area contributed by atoms with E-state index in [1.807, 2.05) is 0 Å². The van der Waals surface area contributed by atoms with Crippen molar-refractivity contribution in [3.05, 3.63) is 53.6 Å². The molecule has 0 saturated carbocycles. The number of phenols is 1. The fraction of sp³-hybridized carbons (Fsp3) is 0.364. The van der Waals surface area contributed by atoms with Gasteiger partial charge in [0.05, 0.1) is 17.6 Å². The Kier molecular flexibility index (Phi) is 9.03. The number of nitrogens with zero attached hydrogens (tertiary/aromatic N) is 1. The summed E-state index contributed by atoms with van der Waals surface area (Å²) in [6, 6.07) is 10.2. The number of ether oxygens (including phenoxy) is 1. The summed E-state index contributed by atoms with van der Waals surface area (Å²) in [5.41, 5.74) is 0.453. The Morgan fingerprint density at radius 2 is 1.66 bits per heavy atom. The van der Waals surface area contributed by atoms with Crippen LogP contribution >= 0.6 is 0 Å². The Morgan fingerprint density at radius 3 is 2.25 bits per heavy atom. The number of carbonyl (C=O) groups excluding carboxylic acids is 2. The molecule has 0 heterocycles. The number of carbonyl (C=O) groups is 2. The lowest BCUT2D eigenvalue weighted by molar-refractivity contribution is 0.0949. The van der Waals surface area contributed by atoms with Gasteiger partial charge in [-0.15, -0.1) is 0 Å². The van der Waals surface area contributed by atoms with Crippen LogP contribution in [0.3, 0.4) is 0 Å². The van der Waals surface area contributed by atoms with Gasteiger partial charge in [0.2, 0.25) is 10.0 Å². The summed E-state index contributed by atoms with van der Waals surface area (Å²) < 4.78 is 32.1. The second-order valence-corrected chi connectivity index (χ2v) is 8.81. The zero-order valence-electron chi connectivity index (χ0n) is 18.4. The number of rotatable bonds is 11. The first-order valence-corrected chi connectivity index (χ1v) is 11.7. The van der Waals surface area contributed by atoms with E-state index in [0.717, 1.165) is 0 Å². The molecule has 9 nitrogen and oxygen atoms in total. The highest BCUT2D eigenvalue weighted by atomic mass is 32.2. The molecule has 0 spiro atoms. The fourth-order valence-electron chi connectivity index (χ4n) is 3.07. The van der Waals surface area contributed by atoms with Crippen molar-refractivity contribution >= 4 is 21.8 Å². The molecule has 0 aliphatic heterocycles. The van der Waals surface area contributed by atoms with E-state index in [2.05, 4.69) is 10.6 Å². The van der Waals surface area contributed by atoms with Gasteiger partial charge < -0.3 is 20.5 Å². The summed E-state index contributed by atoms with van der Waals surface area (Å²) in [4.78, 5) is 24.7. The minimum absolute atomic E-state index is 0.00380. The molecule has 10 heteroatoms. The lowest BCUT2D eigenvalue weighted by Gasteiger charge is -2.19. The SMILES string of the molecule is CCN(CC)S(=O)(=O)c1ccc(OC)c(C(=O)NCCCNC(=O)c2cccc(O)c2)c1. The van der Waals surface area contributed by atoms with E-state index in [4.69, 9.17) is 4.74 Å². The highest BCUT2D eigenvalue weighted by Crippen LogP contribution is 2.24. The van der Waals surface area contributed by atoms with Crippen LogP contribution in [0.25, 0.3) is 0 Å². The van der Waals surface area contributed by atoms with E-state index in [1.54, 1.807) is 26.0 Å². The molecule has 0 radical (unpaired) electrons. The summed E-state index contributed by atoms with van der Waals surface area (Å²) in [6.45, 7) is 4.70. The molecule has 2 aromatic rings. The lowest BCUT2D eigenvalue weighted by Crippen LogP contribution is -2.31. The lowest BCUT2D eigenvalue weighted by atomic mass is 10.2. The number of benzene rings is 2. The molecule has 32 heavy (non-hydrogen) atoms. The van der Waals surface area contributed by atoms with Crippen molar-refractivity contribution in [3.63, 3.8) is 0 Å². The first kappa shape index (κ1) is 25.2. The Hall–Kier alpha value is -3.11. The van der Waals surface area contributed by atoms with Gasteiger partial charge in [-0.25, -0.2) is 8.42 Å². The maximum absolute atomic E-state index is 12.8. The van der Waals surface area contributed by atoms with E-state index < -0.39 is 15.9 Å². The highest BCUT2D eigenvalue weighted by Gasteiger charge is 2.24. The molecule has 2 amide bonds. The maximum Gasteiger partial charge on any atom is 0.255 e. The van der Waals surface area contributed by atoms with Crippen molar-refractivity contribution in [2.45, 2.75) is 25.2 Å². The molecule has 174 valence electrons. The van der Waals surface area contributed by atoms with Gasteiger partial charge in [-0.1, -0.05) is 19.9 Å². The van der Waals surface area contributed by atoms with Gasteiger partial charge in [0.25, 0.3) is 11.8 Å². The van der Waals surface area contributed by atoms with Crippen LogP contribution in [0.2, 0.25) is 0 Å². The number of phenolic OH excluding ortho intramolecular Hbond substituents is 1. The molecule has 0 saturated heterocycles. The van der Waals surface area contributed by atoms with Crippen LogP contribution in [0.5, 0.6) is 11.5 Å². The first-order chi connectivity index (χ1) is 15.2. The average molecular weight is 464 g/mol. The predicted molar refractivity (Wildman–Crippen MR) is 120 cm³/mol. The van der Waals surface area contributed by atoms with Crippen LogP contribution in [0.15, 0.2) is 47.4 Å². The van der Waals surface area contributed by atoms with Gasteiger partial charge in [0.15, 0.2) is 0 Å². The Labute approximate surface area is 188 Å². The van der Waals surface area contributed by atoms with Crippen LogP contribution in [-0.4, -0.2) is 62.9 Å². The van der Waals surface area contributed by atoms with Crippen molar-refractivity contribution < 1.29 is 27.9 Å². The average Bonchev–Trinajstić information content (AvgIpc) is 2.78. The third-order valence-corrected chi connectivity index (χ3v) is 6.84. The van der Waals surface area contributed by atoms with Crippen molar-refractivity contribution in [1.29, 1.82) is 0 Å². The molecular formula is C22H29N3O6S. The molecule has 2 rings (SSSR count). The Balaban J connectivity index is 1.98. The predicted octanol–water partition coefficient (Wildman–Crippen LogP) is 1.98. The third kappa shape index (κ3) is 6.21. The number of aromatic hydroxyl groups is 1. The Bertz CT molecular complexity index is 1050. The zero-order valence-corrected chi connectivity index (χ0v) is 19.2. The molecule has 2 aromatic carbocycles. The molecule has 0 atom stereocenters. The second-order valence-electron chi connectivity index (χ2n) is 6.87. The molecule has 3 N–H and O–H groups in total. The van der Waals surface area contributed by atoms with Gasteiger partial charge in [0.1, 0.15) is 11.5 Å². The van der Waals surface area contributed by atoms with E-state index in [1.165, 1.54) is 41.7 Å². The van der Waals surface area contributed by atoms with E-state index in [0.29, 0.717) is 31.6 Å². The Morgan fingerprint density at radius 1 is 1.00 bits per heavy atom. The number of methoxy groups -OCH3 is 1. The van der Waals surface area contributed by atoms with E-state index in [-0.39, 0.29) is 34.4 Å². The summed E-state index contributed by atoms with van der Waals surface area (Å²) in [5, 5.41) is 14.9. The minimum atomic E-state index is -3.72. The third-order valence-electron chi connectivity index (χ3n) is 4.79. The monoisotopic (exact) mass is 463 g/mol. The summed E-state index contributed by atoms with van der Waals surface area (Å²) in [5.74, 6) is -0.539. The molecule has 0 bridgehead atoms. The van der Waals surface area contributed by atoms with Crippen molar-refractivity contribution in [1.82, 2.24) is 14.9 Å². The van der Waals surface area contributed by atoms with Crippen molar-refractivity contribution in [3.8, 4) is 11.5 Å². The minimum Gasteiger partial charge on any atom is -0.508 e. The number of nitrogens with one attached hydrogen (secondary N) is 2. The van der Waals surface area contributed by atoms with Crippen molar-refractivity contribution in [2.75, 3.05) is 33.3 Å². The molecule has 0 aromatic heterocycles. The van der Waals surface area contributed by atoms with E-state index >= 15 is 0 Å². The largest absolute Gasteiger partial charge is 0.508 e. The van der Waals surface area contributed by atoms with Gasteiger partial charge in [-0.2, -0.15) is 4.31 Å². The quantitative estimate of drug-likeness (QED) is 0.438. The number of hydrogen-bond donors (Lipinski definition) is 3. The number of sulfonamides is 1. The van der Waals surface area contributed by atoms with Crippen LogP contribution in [-0.2, 0) is 10.0 Å². The highest BCUT2D eigenvalue weighted by molar-refractivity contribution is 7.89. The smallest absolute Gasteiger partial charge is 0.255 e. The van der Waals surface area contributed by atoms with Crippen LogP contribution in [0, 0.1) is 0 Å². The van der Waals surface area contributed by atoms with Gasteiger partial charge in [-0.3, -0.25) is 9.59 Å². The number of hydrogen-bond acceptors (Lipinski definition) is 6. The molecular weight excluding hydrogens is 434 g/mol. The first-order valence-electron chi connectivity index (χ1n) is 10.3. The van der Waals surface area contributed by atoms with Crippen LogP contribution < -0.4 is 15.4 Å². The number of amides is 2. The summed E-state index contributed by atoms with van der Waals surface area (Å²) in [6.07, 6.45) is 0.454. The fourth-order valence-corrected chi connectivity index (χ4v) is 4.56. The maximum atomic E-state index is 12.8. The zero-order chi connectivity index (χ0) is 23.7. The summed E-state index contributed by atoms with van der Waals surface area (Å²) in [7, 11) is -2.31. The van der Waals surface area contributed by atoms with Gasteiger partial charge in [-0.05, 0) is 42.8 Å². The van der Waals surface area contributed by atoms with E-state index in [9.17, 15) is 23.1 Å². The summed E-state index contributed by atoms with van der Waals surface area (Å²) >= 11 is 0. The molecule has 0 unspecified atom stereocenters. The molecule has 0 aliphatic carbocycles. The molecule has 0 aliphatic rings.